The smallest absolute Gasteiger partial charge is 0.339 e. The van der Waals surface area contributed by atoms with E-state index in [9.17, 15) is 14.4 Å². The van der Waals surface area contributed by atoms with Crippen LogP contribution in [0.2, 0.25) is 10.0 Å². The molecule has 1 N–H and O–H groups in total. The van der Waals surface area contributed by atoms with Crippen molar-refractivity contribution in [2.24, 2.45) is 5.92 Å². The standard InChI is InChI=1S/C21H23Cl2NO6/c1-10(2)19(25)29-9-30-21(27)16-12(4)24-11(3)15(20(26)28-5)17(16)13-7-6-8-14(22)18(13)23/h6-8,10,17,24H,9H2,1-5H3. The van der Waals surface area contributed by atoms with Gasteiger partial charge in [-0.15, -0.1) is 0 Å². The molecule has 1 aliphatic rings. The highest BCUT2D eigenvalue weighted by Crippen LogP contribution is 2.43. The Kier molecular flexibility index (Phi) is 7.92. The van der Waals surface area contributed by atoms with Gasteiger partial charge in [-0.2, -0.15) is 0 Å². The minimum absolute atomic E-state index is 0.130. The minimum atomic E-state index is -0.891. The van der Waals surface area contributed by atoms with Crippen molar-refractivity contribution >= 4 is 41.1 Å². The summed E-state index contributed by atoms with van der Waals surface area (Å²) in [5.41, 5.74) is 1.73. The predicted molar refractivity (Wildman–Crippen MR) is 112 cm³/mol. The zero-order valence-electron chi connectivity index (χ0n) is 17.3. The molecule has 0 fully saturated rings. The molecule has 30 heavy (non-hydrogen) atoms. The molecular weight excluding hydrogens is 433 g/mol. The maximum Gasteiger partial charge on any atom is 0.339 e. The molecule has 0 saturated heterocycles. The van der Waals surface area contributed by atoms with Crippen LogP contribution in [0.25, 0.3) is 0 Å². The van der Waals surface area contributed by atoms with E-state index in [1.807, 2.05) is 0 Å². The molecule has 1 aromatic carbocycles. The second kappa shape index (κ2) is 10.00. The molecular formula is C21H23Cl2NO6. The van der Waals surface area contributed by atoms with Crippen LogP contribution in [0, 0.1) is 5.92 Å². The summed E-state index contributed by atoms with van der Waals surface area (Å²) < 4.78 is 15.0. The van der Waals surface area contributed by atoms with E-state index in [0.717, 1.165) is 0 Å². The summed E-state index contributed by atoms with van der Waals surface area (Å²) in [4.78, 5) is 37.1. The van der Waals surface area contributed by atoms with Gasteiger partial charge >= 0.3 is 17.9 Å². The van der Waals surface area contributed by atoms with Gasteiger partial charge in [-0.05, 0) is 25.5 Å². The Balaban J connectivity index is 2.49. The first-order chi connectivity index (χ1) is 14.1. The first-order valence-electron chi connectivity index (χ1n) is 9.14. The zero-order chi connectivity index (χ0) is 22.6. The fraction of sp³-hybridized carbons (Fsp3) is 0.381. The van der Waals surface area contributed by atoms with Crippen molar-refractivity contribution in [1.82, 2.24) is 5.32 Å². The highest BCUT2D eigenvalue weighted by atomic mass is 35.5. The van der Waals surface area contributed by atoms with Gasteiger partial charge in [0, 0.05) is 11.4 Å². The molecule has 0 spiro atoms. The molecule has 1 atom stereocenters. The summed E-state index contributed by atoms with van der Waals surface area (Å²) in [7, 11) is 1.24. The van der Waals surface area contributed by atoms with Gasteiger partial charge in [0.25, 0.3) is 0 Å². The Bertz CT molecular complexity index is 935. The van der Waals surface area contributed by atoms with Crippen LogP contribution in [-0.2, 0) is 28.6 Å². The van der Waals surface area contributed by atoms with Crippen molar-refractivity contribution in [3.05, 3.63) is 56.3 Å². The van der Waals surface area contributed by atoms with E-state index in [1.165, 1.54) is 7.11 Å². The Morgan fingerprint density at radius 1 is 1.03 bits per heavy atom. The number of esters is 3. The number of ether oxygens (including phenoxy) is 3. The van der Waals surface area contributed by atoms with Gasteiger partial charge in [0.05, 0.1) is 40.1 Å². The van der Waals surface area contributed by atoms with Crippen molar-refractivity contribution in [1.29, 1.82) is 0 Å². The molecule has 1 heterocycles. The lowest BCUT2D eigenvalue weighted by molar-refractivity contribution is -0.167. The van der Waals surface area contributed by atoms with E-state index in [2.05, 4.69) is 5.32 Å². The van der Waals surface area contributed by atoms with Crippen LogP contribution in [0.5, 0.6) is 0 Å². The van der Waals surface area contributed by atoms with E-state index in [-0.39, 0.29) is 27.1 Å². The Morgan fingerprint density at radius 3 is 2.20 bits per heavy atom. The maximum atomic E-state index is 12.9. The van der Waals surface area contributed by atoms with Crippen LogP contribution in [0.4, 0.5) is 0 Å². The van der Waals surface area contributed by atoms with Gasteiger partial charge in [0.2, 0.25) is 6.79 Å². The highest BCUT2D eigenvalue weighted by molar-refractivity contribution is 6.42. The third-order valence-electron chi connectivity index (χ3n) is 4.54. The summed E-state index contributed by atoms with van der Waals surface area (Å²) >= 11 is 12.6. The third-order valence-corrected chi connectivity index (χ3v) is 5.37. The molecule has 0 amide bonds. The predicted octanol–water partition coefficient (Wildman–Crippen LogP) is 4.10. The number of hydrogen-bond acceptors (Lipinski definition) is 7. The van der Waals surface area contributed by atoms with Crippen molar-refractivity contribution in [2.45, 2.75) is 33.6 Å². The lowest BCUT2D eigenvalue weighted by atomic mass is 9.80. The summed E-state index contributed by atoms with van der Waals surface area (Å²) in [6.07, 6.45) is 0. The largest absolute Gasteiger partial charge is 0.466 e. The van der Waals surface area contributed by atoms with Crippen LogP contribution < -0.4 is 5.32 Å². The number of rotatable bonds is 6. The lowest BCUT2D eigenvalue weighted by Crippen LogP contribution is -2.32. The first kappa shape index (κ1) is 23.8. The number of benzene rings is 1. The number of hydrogen-bond donors (Lipinski definition) is 1. The molecule has 0 aliphatic carbocycles. The lowest BCUT2D eigenvalue weighted by Gasteiger charge is -2.30. The molecule has 0 radical (unpaired) electrons. The van der Waals surface area contributed by atoms with Gasteiger partial charge in [-0.25, -0.2) is 9.59 Å². The molecule has 7 nitrogen and oxygen atoms in total. The Morgan fingerprint density at radius 2 is 1.63 bits per heavy atom. The summed E-state index contributed by atoms with van der Waals surface area (Å²) in [6.45, 7) is 6.12. The second-order valence-corrected chi connectivity index (χ2v) is 7.72. The second-order valence-electron chi connectivity index (χ2n) is 6.94. The molecule has 0 aromatic heterocycles. The number of halogens is 2. The van der Waals surface area contributed by atoms with Crippen molar-refractivity contribution in [3.63, 3.8) is 0 Å². The molecule has 0 saturated carbocycles. The van der Waals surface area contributed by atoms with Crippen LogP contribution in [0.1, 0.15) is 39.2 Å². The van der Waals surface area contributed by atoms with Gasteiger partial charge in [0.15, 0.2) is 0 Å². The molecule has 0 bridgehead atoms. The minimum Gasteiger partial charge on any atom is -0.466 e. The average molecular weight is 456 g/mol. The number of dihydropyridines is 1. The first-order valence-corrected chi connectivity index (χ1v) is 9.90. The number of methoxy groups -OCH3 is 1. The van der Waals surface area contributed by atoms with Gasteiger partial charge < -0.3 is 19.5 Å². The van der Waals surface area contributed by atoms with Crippen molar-refractivity contribution in [3.8, 4) is 0 Å². The van der Waals surface area contributed by atoms with Crippen LogP contribution in [0.15, 0.2) is 40.7 Å². The topological polar surface area (TPSA) is 90.9 Å². The van der Waals surface area contributed by atoms with Gasteiger partial charge in [-0.3, -0.25) is 4.79 Å². The molecule has 1 unspecified atom stereocenters. The van der Waals surface area contributed by atoms with Crippen LogP contribution in [0.3, 0.4) is 0 Å². The van der Waals surface area contributed by atoms with Crippen molar-refractivity contribution < 1.29 is 28.6 Å². The SMILES string of the molecule is COC(=O)C1=C(C)NC(C)=C(C(=O)OCOC(=O)C(C)C)C1c1cccc(Cl)c1Cl. The average Bonchev–Trinajstić information content (AvgIpc) is 2.68. The van der Waals surface area contributed by atoms with Gasteiger partial charge in [-0.1, -0.05) is 49.2 Å². The number of carbonyl (C=O) groups is 3. The third kappa shape index (κ3) is 4.96. The summed E-state index contributed by atoms with van der Waals surface area (Å²) in [5, 5.41) is 3.47. The molecule has 162 valence electrons. The summed E-state index contributed by atoms with van der Waals surface area (Å²) in [5.74, 6) is -3.17. The number of allylic oxidation sites excluding steroid dienone is 2. The van der Waals surface area contributed by atoms with E-state index >= 15 is 0 Å². The van der Waals surface area contributed by atoms with Crippen molar-refractivity contribution in [2.75, 3.05) is 13.9 Å². The monoisotopic (exact) mass is 455 g/mol. The van der Waals surface area contributed by atoms with Gasteiger partial charge in [0.1, 0.15) is 0 Å². The fourth-order valence-corrected chi connectivity index (χ4v) is 3.50. The van der Waals surface area contributed by atoms with Crippen LogP contribution >= 0.6 is 23.2 Å². The number of carbonyl (C=O) groups excluding carboxylic acids is 3. The Hall–Kier alpha value is -2.51. The van der Waals surface area contributed by atoms with E-state index in [1.54, 1.807) is 45.9 Å². The molecule has 1 aliphatic heterocycles. The van der Waals surface area contributed by atoms with Crippen LogP contribution in [-0.4, -0.2) is 31.8 Å². The number of nitrogens with one attached hydrogen (secondary N) is 1. The summed E-state index contributed by atoms with van der Waals surface area (Å²) in [6, 6.07) is 4.93. The van der Waals surface area contributed by atoms with E-state index in [4.69, 9.17) is 37.4 Å². The molecule has 1 aromatic rings. The zero-order valence-corrected chi connectivity index (χ0v) is 18.8. The highest BCUT2D eigenvalue weighted by Gasteiger charge is 2.39. The van der Waals surface area contributed by atoms with E-state index in [0.29, 0.717) is 17.0 Å². The fourth-order valence-electron chi connectivity index (χ4n) is 3.09. The molecule has 9 heteroatoms. The van der Waals surface area contributed by atoms with E-state index < -0.39 is 30.6 Å². The maximum absolute atomic E-state index is 12.9. The molecule has 2 rings (SSSR count). The normalized spacial score (nSPS) is 16.3. The quantitative estimate of drug-likeness (QED) is 0.509. The Labute approximate surface area is 185 Å².